The first-order valence-electron chi connectivity index (χ1n) is 25.1. The summed E-state index contributed by atoms with van der Waals surface area (Å²) in [5.74, 6) is 1.17. The van der Waals surface area contributed by atoms with Crippen LogP contribution in [0.5, 0.6) is 11.5 Å². The van der Waals surface area contributed by atoms with Gasteiger partial charge in [-0.2, -0.15) is 13.1 Å². The zero-order valence-electron chi connectivity index (χ0n) is 44.3. The van der Waals surface area contributed by atoms with Crippen molar-refractivity contribution in [2.24, 2.45) is 5.14 Å². The zero-order chi connectivity index (χ0) is 58.5. The van der Waals surface area contributed by atoms with Crippen molar-refractivity contribution >= 4 is 62.3 Å². The normalized spacial score (nSPS) is 22.4. The van der Waals surface area contributed by atoms with Crippen molar-refractivity contribution in [1.82, 2.24) is 24.5 Å². The molecule has 0 saturated carbocycles. The minimum Gasteiger partial charge on any atom is -0.492 e. The highest BCUT2D eigenvalue weighted by atomic mass is 32.2. The van der Waals surface area contributed by atoms with Gasteiger partial charge in [0.25, 0.3) is 22.0 Å². The Morgan fingerprint density at radius 1 is 0.866 bits per heavy atom. The van der Waals surface area contributed by atoms with Crippen LogP contribution in [0.15, 0.2) is 61.1 Å². The van der Waals surface area contributed by atoms with E-state index in [-0.39, 0.29) is 131 Å². The van der Waals surface area contributed by atoms with Crippen LogP contribution in [-0.2, 0) is 64.4 Å². The number of carbonyl (C=O) groups is 5. The Morgan fingerprint density at radius 3 is 2.24 bits per heavy atom. The van der Waals surface area contributed by atoms with Crippen LogP contribution >= 0.6 is 0 Å². The molecular formula is C51H64FN9O20S. The van der Waals surface area contributed by atoms with Crippen LogP contribution in [0.3, 0.4) is 0 Å². The van der Waals surface area contributed by atoms with E-state index in [1.807, 2.05) is 4.72 Å². The molecule has 0 radical (unpaired) electrons. The number of aliphatic carboxylic acids is 1. The van der Waals surface area contributed by atoms with E-state index in [9.17, 15) is 63.0 Å². The molecule has 31 heteroatoms. The Morgan fingerprint density at radius 2 is 1.56 bits per heavy atom. The minimum atomic E-state index is -4.27. The lowest BCUT2D eigenvalue weighted by molar-refractivity contribution is -0.668. The highest BCUT2D eigenvalue weighted by molar-refractivity contribution is 7.87. The van der Waals surface area contributed by atoms with Gasteiger partial charge in [0.05, 0.1) is 76.8 Å². The fourth-order valence-corrected chi connectivity index (χ4v) is 8.95. The third-order valence-corrected chi connectivity index (χ3v) is 13.1. The summed E-state index contributed by atoms with van der Waals surface area (Å²) in [7, 11) is -4.27. The first-order chi connectivity index (χ1) is 38.6. The van der Waals surface area contributed by atoms with E-state index < -0.39 is 107 Å². The molecule has 2 aromatic heterocycles. The van der Waals surface area contributed by atoms with Crippen LogP contribution in [0.1, 0.15) is 42.7 Å². The van der Waals surface area contributed by atoms with E-state index in [1.54, 1.807) is 6.92 Å². The smallest absolute Gasteiger partial charge is 0.335 e. The molecule has 7 rings (SSSR count). The van der Waals surface area contributed by atoms with Gasteiger partial charge in [0.2, 0.25) is 42.1 Å². The SMILES string of the molecule is CCOc1cccc(F)c1C#Cc1cn([C@@H]2O[C@H](CNS(N)(=O)=O)[C@@H](O)[C@H]2O)c2c1c(N)nc[n+]2Cc1ccc(O[C@@H]2O[C@H](C(=O)O)[C@@H](O)[C@H](O)[C@H]2O)c(NC(=O)CCNC(=O)CCOCCOCCOCCN2C(=O)C=CC2=O)c1.[CH3-]. The molecule has 2 aromatic carbocycles. The summed E-state index contributed by atoms with van der Waals surface area (Å²) in [5.41, 5.74) is 6.91. The number of carboxylic acids is 1. The molecule has 82 heavy (non-hydrogen) atoms. The van der Waals surface area contributed by atoms with Gasteiger partial charge in [0.1, 0.15) is 64.9 Å². The number of anilines is 2. The summed E-state index contributed by atoms with van der Waals surface area (Å²) < 4.78 is 82.7. The molecule has 4 amide bonds. The molecule has 0 unspecified atom stereocenters. The molecule has 4 aromatic rings. The number of amides is 4. The lowest BCUT2D eigenvalue weighted by atomic mass is 9.99. The van der Waals surface area contributed by atoms with Crippen molar-refractivity contribution in [2.45, 2.75) is 81.6 Å². The number of aliphatic hydroxyl groups excluding tert-OH is 5. The van der Waals surface area contributed by atoms with Gasteiger partial charge in [-0.3, -0.25) is 24.1 Å². The molecule has 0 bridgehead atoms. The van der Waals surface area contributed by atoms with Crippen LogP contribution in [0, 0.1) is 25.1 Å². The standard InChI is InChI=1S/C50H60FN9O20S.CH3/c1-2-77-32-5-3-4-30(51)29(32)8-7-28-25-60(48-43(68)40(65)34(78-48)23-56-81(53,72)73)47-39(28)46(52)55-26-58(47)24-27-6-9-33(79-50-44(69)41(66)42(67)45(80-50)49(70)71)31(22-27)57-36(62)12-14-54-35(61)13-16-74-18-20-76-21-19-75-17-15-59-37(63)10-11-38(59)64;/h3-6,9-11,22,25-26,34,40-45,48,50,52,56,65-69H,2,12-21,23-24H2,1H3,(H5,53,54,57,61,62,70,71,72,73);1H3/q;-1/p+1/t34-,40-,41+,42+,43-,44-,45+,48-,50-;/m1./s1. The van der Waals surface area contributed by atoms with Gasteiger partial charge in [-0.25, -0.2) is 23.5 Å². The van der Waals surface area contributed by atoms with Crippen LogP contribution in [-0.4, -0.2) is 198 Å². The van der Waals surface area contributed by atoms with Crippen molar-refractivity contribution < 1.29 is 105 Å². The average Bonchev–Trinajstić information content (AvgIpc) is 2.47. The number of rotatable bonds is 27. The summed E-state index contributed by atoms with van der Waals surface area (Å²) in [4.78, 5) is 66.7. The number of hydrogen-bond donors (Lipinski definition) is 11. The highest BCUT2D eigenvalue weighted by Crippen LogP contribution is 2.36. The first-order valence-corrected chi connectivity index (χ1v) is 26.7. The fraction of sp³-hybridized carbons (Fsp3) is 0.451. The van der Waals surface area contributed by atoms with Gasteiger partial charge in [0, 0.05) is 38.1 Å². The minimum absolute atomic E-state index is 0. The van der Waals surface area contributed by atoms with Gasteiger partial charge in [0.15, 0.2) is 6.10 Å². The lowest BCUT2D eigenvalue weighted by Gasteiger charge is -2.38. The number of fused-ring (bicyclic) bond motifs is 1. The predicted octanol–water partition coefficient (Wildman–Crippen LogP) is -3.16. The zero-order valence-corrected chi connectivity index (χ0v) is 45.1. The Bertz CT molecular complexity index is 3140. The number of carboxylic acid groups (broad SMARTS) is 1. The molecule has 5 heterocycles. The van der Waals surface area contributed by atoms with Gasteiger partial charge >= 0.3 is 5.97 Å². The van der Waals surface area contributed by atoms with E-state index in [2.05, 4.69) is 27.5 Å². The number of aliphatic hydroxyl groups is 5. The summed E-state index contributed by atoms with van der Waals surface area (Å²) in [6.45, 7) is 2.06. The molecule has 446 valence electrons. The Hall–Kier alpha value is -7.29. The van der Waals surface area contributed by atoms with Crippen LogP contribution in [0.25, 0.3) is 11.0 Å². The van der Waals surface area contributed by atoms with E-state index >= 15 is 4.39 Å². The second-order valence-corrected chi connectivity index (χ2v) is 19.6. The van der Waals surface area contributed by atoms with Gasteiger partial charge in [-0.05, 0) is 36.8 Å². The molecule has 13 N–H and O–H groups in total. The number of nitrogen functional groups attached to an aromatic ring is 1. The Kier molecular flexibility index (Phi) is 22.7. The number of imide groups is 1. The van der Waals surface area contributed by atoms with E-state index in [0.29, 0.717) is 5.56 Å². The lowest BCUT2D eigenvalue weighted by Crippen LogP contribution is -2.61. The van der Waals surface area contributed by atoms with E-state index in [1.165, 1.54) is 70.2 Å². The maximum Gasteiger partial charge on any atom is 0.335 e. The quantitative estimate of drug-likeness (QED) is 0.00923. The molecule has 0 spiro atoms. The van der Waals surface area contributed by atoms with Crippen molar-refractivity contribution in [3.8, 4) is 23.3 Å². The molecular weight excluding hydrogens is 1110 g/mol. The van der Waals surface area contributed by atoms with Crippen molar-refractivity contribution in [3.05, 3.63) is 91.0 Å². The predicted molar refractivity (Wildman–Crippen MR) is 281 cm³/mol. The monoisotopic (exact) mass is 1170 g/mol. The van der Waals surface area contributed by atoms with Gasteiger partial charge < -0.3 is 87.6 Å². The van der Waals surface area contributed by atoms with Gasteiger partial charge in [-0.1, -0.05) is 29.0 Å². The molecule has 3 aliphatic heterocycles. The summed E-state index contributed by atoms with van der Waals surface area (Å²) in [6, 6.07) is 8.34. The maximum atomic E-state index is 15.2. The summed E-state index contributed by atoms with van der Waals surface area (Å²) in [6.07, 6.45) is -11.5. The fourth-order valence-electron chi connectivity index (χ4n) is 8.55. The first kappa shape index (κ1) is 63.9. The second-order valence-electron chi connectivity index (χ2n) is 18.2. The number of nitrogens with zero attached hydrogens (tertiary/aromatic N) is 4. The topological polar surface area (TPSA) is 419 Å². The number of nitrogens with one attached hydrogen (secondary N) is 3. The number of benzene rings is 2. The van der Waals surface area contributed by atoms with E-state index in [4.69, 9.17) is 44.0 Å². The molecule has 3 aliphatic rings. The number of aromatic nitrogens is 3. The van der Waals surface area contributed by atoms with Gasteiger partial charge in [-0.15, -0.1) is 0 Å². The molecule has 9 atom stereocenters. The number of ether oxygens (including phenoxy) is 7. The Labute approximate surface area is 468 Å². The van der Waals surface area contributed by atoms with Crippen LogP contribution in [0.4, 0.5) is 15.9 Å². The molecule has 2 saturated heterocycles. The van der Waals surface area contributed by atoms with E-state index in [0.717, 1.165) is 4.90 Å². The molecule has 29 nitrogen and oxygen atoms in total. The largest absolute Gasteiger partial charge is 0.492 e. The number of nitrogens with two attached hydrogens (primary N) is 2. The van der Waals surface area contributed by atoms with Crippen LogP contribution < -0.4 is 40.3 Å². The van der Waals surface area contributed by atoms with Crippen molar-refractivity contribution in [3.63, 3.8) is 0 Å². The number of hydrogen-bond acceptors (Lipinski definition) is 21. The number of carbonyl (C=O) groups excluding carboxylic acids is 4. The summed E-state index contributed by atoms with van der Waals surface area (Å²) >= 11 is 0. The van der Waals surface area contributed by atoms with Crippen LogP contribution in [0.2, 0.25) is 0 Å². The Balaban J connectivity index is 0.0000108. The third-order valence-electron chi connectivity index (χ3n) is 12.5. The second kappa shape index (κ2) is 29.1. The highest BCUT2D eigenvalue weighted by Gasteiger charge is 2.49. The van der Waals surface area contributed by atoms with Crippen molar-refractivity contribution in [1.29, 1.82) is 0 Å². The summed E-state index contributed by atoms with van der Waals surface area (Å²) in [5, 5.41) is 74.3. The molecule has 0 aliphatic carbocycles. The average molecular weight is 1170 g/mol. The maximum absolute atomic E-state index is 15.2. The number of halogens is 1. The molecule has 2 fully saturated rings. The van der Waals surface area contributed by atoms with Crippen molar-refractivity contribution in [2.75, 3.05) is 76.9 Å². The third kappa shape index (κ3) is 16.2.